The second kappa shape index (κ2) is 18.5. The maximum Gasteiger partial charge on any atom is 0.410 e. The summed E-state index contributed by atoms with van der Waals surface area (Å²) in [6.45, 7) is 1.05. The summed E-state index contributed by atoms with van der Waals surface area (Å²) in [5.41, 5.74) is 11.3. The van der Waals surface area contributed by atoms with Crippen molar-refractivity contribution >= 4 is 12.1 Å². The zero-order valence-corrected chi connectivity index (χ0v) is 25.5. The lowest BCUT2D eigenvalue weighted by Crippen LogP contribution is -2.58. The van der Waals surface area contributed by atoms with Crippen LogP contribution in [-0.4, -0.2) is 77.6 Å². The van der Waals surface area contributed by atoms with Crippen LogP contribution in [0.4, 0.5) is 4.79 Å². The number of ether oxygens (including phenoxy) is 4. The molecule has 1 saturated heterocycles. The molecule has 12 heteroatoms. The Labute approximate surface area is 268 Å². The van der Waals surface area contributed by atoms with Gasteiger partial charge < -0.3 is 34.1 Å². The average molecular weight is 633 g/mol. The highest BCUT2D eigenvalue weighted by atomic mass is 16.7. The minimum Gasteiger partial charge on any atom is -0.459 e. The predicted octanol–water partition coefficient (Wildman–Crippen LogP) is 5.39. The number of carbonyl (C=O) groups excluding carboxylic acids is 2. The molecule has 1 amide bonds. The monoisotopic (exact) mass is 632 g/mol. The molecule has 12 nitrogen and oxygen atoms in total. The van der Waals surface area contributed by atoms with E-state index in [1.165, 1.54) is 0 Å². The molecule has 0 bridgehead atoms. The molecule has 1 aliphatic heterocycles. The summed E-state index contributed by atoms with van der Waals surface area (Å²) in [5.74, 6) is -0.604. The highest BCUT2D eigenvalue weighted by molar-refractivity contribution is 5.89. The molecule has 244 valence electrons. The topological polar surface area (TPSA) is 164 Å². The molecule has 0 aliphatic carbocycles. The SMILES string of the molecule is [N-]=[N+]=N[C@H]1C(O)[C@@H](O)C(COC(=O)c2ccccc2)O[C@H]1OCCCCCCN(Cc1ccccc1)C(=O)OCc1ccccc1. The number of hydrogen-bond acceptors (Lipinski definition) is 9. The largest absolute Gasteiger partial charge is 0.459 e. The van der Waals surface area contributed by atoms with Gasteiger partial charge in [0, 0.05) is 24.6 Å². The molecule has 0 radical (unpaired) electrons. The Morgan fingerprint density at radius 1 is 0.826 bits per heavy atom. The molecular weight excluding hydrogens is 592 g/mol. The Hall–Kier alpha value is -4.45. The van der Waals surface area contributed by atoms with Crippen LogP contribution in [0.5, 0.6) is 0 Å². The maximum absolute atomic E-state index is 12.9. The third-order valence-corrected chi connectivity index (χ3v) is 7.53. The molecular formula is C34H40N4O8. The molecule has 0 spiro atoms. The molecule has 0 saturated carbocycles. The summed E-state index contributed by atoms with van der Waals surface area (Å²) in [6.07, 6.45) is -2.58. The van der Waals surface area contributed by atoms with Crippen LogP contribution in [0.3, 0.4) is 0 Å². The number of esters is 1. The zero-order valence-electron chi connectivity index (χ0n) is 25.5. The van der Waals surface area contributed by atoms with E-state index in [0.717, 1.165) is 30.4 Å². The lowest BCUT2D eigenvalue weighted by Gasteiger charge is -2.40. The Balaban J connectivity index is 1.22. The molecule has 2 N–H and O–H groups in total. The molecule has 0 aromatic heterocycles. The van der Waals surface area contributed by atoms with E-state index in [1.54, 1.807) is 35.2 Å². The average Bonchev–Trinajstić information content (AvgIpc) is 3.09. The van der Waals surface area contributed by atoms with Gasteiger partial charge in [-0.3, -0.25) is 0 Å². The van der Waals surface area contributed by atoms with Crippen molar-refractivity contribution in [2.24, 2.45) is 5.11 Å². The van der Waals surface area contributed by atoms with Crippen LogP contribution in [-0.2, 0) is 32.1 Å². The third kappa shape index (κ3) is 10.6. The molecule has 1 aliphatic rings. The number of unbranched alkanes of at least 4 members (excludes halogenated alkanes) is 3. The van der Waals surface area contributed by atoms with Gasteiger partial charge >= 0.3 is 12.1 Å². The number of aliphatic hydroxyl groups is 2. The third-order valence-electron chi connectivity index (χ3n) is 7.53. The summed E-state index contributed by atoms with van der Waals surface area (Å²) in [4.78, 5) is 29.7. The second-order valence-corrected chi connectivity index (χ2v) is 10.9. The predicted molar refractivity (Wildman–Crippen MR) is 168 cm³/mol. The molecule has 1 heterocycles. The normalized spacial score (nSPS) is 20.7. The molecule has 5 atom stereocenters. The highest BCUT2D eigenvalue weighted by Gasteiger charge is 2.45. The van der Waals surface area contributed by atoms with Gasteiger partial charge in [0.1, 0.15) is 31.5 Å². The van der Waals surface area contributed by atoms with Crippen LogP contribution in [0.25, 0.3) is 10.4 Å². The number of carbonyl (C=O) groups is 2. The van der Waals surface area contributed by atoms with Crippen molar-refractivity contribution in [3.63, 3.8) is 0 Å². The number of rotatable bonds is 16. The molecule has 2 unspecified atom stereocenters. The van der Waals surface area contributed by atoms with Gasteiger partial charge in [0.25, 0.3) is 0 Å². The van der Waals surface area contributed by atoms with Crippen molar-refractivity contribution < 1.29 is 38.7 Å². The number of hydrogen-bond donors (Lipinski definition) is 2. The van der Waals surface area contributed by atoms with E-state index in [2.05, 4.69) is 10.0 Å². The van der Waals surface area contributed by atoms with Crippen LogP contribution < -0.4 is 0 Å². The van der Waals surface area contributed by atoms with E-state index in [1.807, 2.05) is 60.7 Å². The molecule has 46 heavy (non-hydrogen) atoms. The van der Waals surface area contributed by atoms with Crippen molar-refractivity contribution in [1.82, 2.24) is 4.90 Å². The lowest BCUT2D eigenvalue weighted by molar-refractivity contribution is -0.265. The van der Waals surface area contributed by atoms with Gasteiger partial charge in [0.15, 0.2) is 6.29 Å². The quantitative estimate of drug-likeness (QED) is 0.0698. The summed E-state index contributed by atoms with van der Waals surface area (Å²) >= 11 is 0. The van der Waals surface area contributed by atoms with Crippen LogP contribution in [0.1, 0.15) is 47.2 Å². The van der Waals surface area contributed by atoms with Crippen molar-refractivity contribution in [2.75, 3.05) is 19.8 Å². The fourth-order valence-corrected chi connectivity index (χ4v) is 5.00. The van der Waals surface area contributed by atoms with Gasteiger partial charge in [-0.2, -0.15) is 0 Å². The van der Waals surface area contributed by atoms with Gasteiger partial charge in [0.2, 0.25) is 0 Å². The van der Waals surface area contributed by atoms with Crippen LogP contribution >= 0.6 is 0 Å². The van der Waals surface area contributed by atoms with Crippen molar-refractivity contribution in [3.8, 4) is 0 Å². The Morgan fingerprint density at radius 3 is 2.13 bits per heavy atom. The van der Waals surface area contributed by atoms with Crippen molar-refractivity contribution in [3.05, 3.63) is 118 Å². The van der Waals surface area contributed by atoms with Crippen molar-refractivity contribution in [2.45, 2.75) is 69.5 Å². The minimum atomic E-state index is -1.48. The first-order chi connectivity index (χ1) is 22.5. The van der Waals surface area contributed by atoms with Crippen LogP contribution in [0.15, 0.2) is 96.1 Å². The summed E-state index contributed by atoms with van der Waals surface area (Å²) < 4.78 is 22.5. The number of aliphatic hydroxyl groups excluding tert-OH is 2. The summed E-state index contributed by atoms with van der Waals surface area (Å²) in [5, 5.41) is 24.7. The van der Waals surface area contributed by atoms with Gasteiger partial charge in [0.05, 0.1) is 11.7 Å². The summed E-state index contributed by atoms with van der Waals surface area (Å²) in [6, 6.07) is 26.4. The Kier molecular flexibility index (Phi) is 13.8. The second-order valence-electron chi connectivity index (χ2n) is 10.9. The fourth-order valence-electron chi connectivity index (χ4n) is 5.00. The zero-order chi connectivity index (χ0) is 32.6. The lowest BCUT2D eigenvalue weighted by atomic mass is 9.97. The smallest absolute Gasteiger partial charge is 0.410 e. The fraction of sp³-hybridized carbons (Fsp3) is 0.412. The van der Waals surface area contributed by atoms with E-state index in [0.29, 0.717) is 25.1 Å². The van der Waals surface area contributed by atoms with Gasteiger partial charge in [-0.15, -0.1) is 0 Å². The van der Waals surface area contributed by atoms with E-state index < -0.39 is 36.6 Å². The van der Waals surface area contributed by atoms with Crippen LogP contribution in [0, 0.1) is 0 Å². The van der Waals surface area contributed by atoms with E-state index in [-0.39, 0.29) is 25.9 Å². The first-order valence-electron chi connectivity index (χ1n) is 15.4. The van der Waals surface area contributed by atoms with Gasteiger partial charge in [-0.05, 0) is 41.6 Å². The Bertz CT molecular complexity index is 1390. The Morgan fingerprint density at radius 2 is 1.46 bits per heavy atom. The highest BCUT2D eigenvalue weighted by Crippen LogP contribution is 2.26. The molecule has 3 aromatic carbocycles. The molecule has 1 fully saturated rings. The number of nitrogens with zero attached hydrogens (tertiary/aromatic N) is 4. The first kappa shape index (κ1) is 34.4. The first-order valence-corrected chi connectivity index (χ1v) is 15.4. The van der Waals surface area contributed by atoms with Crippen LogP contribution in [0.2, 0.25) is 0 Å². The number of benzene rings is 3. The maximum atomic E-state index is 12.9. The number of azide groups is 1. The minimum absolute atomic E-state index is 0.199. The summed E-state index contributed by atoms with van der Waals surface area (Å²) in [7, 11) is 0. The van der Waals surface area contributed by atoms with E-state index >= 15 is 0 Å². The van der Waals surface area contributed by atoms with Gasteiger partial charge in [-0.25, -0.2) is 9.59 Å². The van der Waals surface area contributed by atoms with Gasteiger partial charge in [-0.1, -0.05) is 96.8 Å². The standard InChI is InChI=1S/C34H40N4O8/c35-37-36-29-31(40)30(39)28(24-44-32(41)27-18-10-5-11-19-27)46-33(29)43-21-13-2-1-12-20-38(22-25-14-6-3-7-15-25)34(42)45-23-26-16-8-4-9-17-26/h3-11,14-19,28-31,33,39-40H,1-2,12-13,20-24H2/t28?,29-,30-,31?,33+/m0/s1. The van der Waals surface area contributed by atoms with E-state index in [4.69, 9.17) is 24.5 Å². The molecule has 3 aromatic rings. The molecule has 4 rings (SSSR count). The van der Waals surface area contributed by atoms with E-state index in [9.17, 15) is 19.8 Å². The van der Waals surface area contributed by atoms with Crippen molar-refractivity contribution in [1.29, 1.82) is 0 Å². The number of amides is 1.